The summed E-state index contributed by atoms with van der Waals surface area (Å²) in [4.78, 5) is 12.7. The third-order valence-electron chi connectivity index (χ3n) is 4.90. The normalized spacial score (nSPS) is 12.5. The lowest BCUT2D eigenvalue weighted by atomic mass is 9.96. The lowest BCUT2D eigenvalue weighted by Crippen LogP contribution is -2.33. The Morgan fingerprint density at radius 2 is 1.78 bits per heavy atom. The number of sulfonamides is 1. The number of halogens is 2. The quantitative estimate of drug-likeness (QED) is 0.444. The molecule has 2 rings (SSSR count). The molecule has 0 heterocycles. The van der Waals surface area contributed by atoms with Gasteiger partial charge in [-0.25, -0.2) is 8.42 Å². The minimum absolute atomic E-state index is 0.115. The molecule has 1 atom stereocenters. The van der Waals surface area contributed by atoms with Gasteiger partial charge in [-0.05, 0) is 54.7 Å². The molecule has 0 radical (unpaired) electrons. The Bertz CT molecular complexity index is 1010. The summed E-state index contributed by atoms with van der Waals surface area (Å²) in [5.41, 5.74) is 1.30. The Hall–Kier alpha value is -1.96. The predicted molar refractivity (Wildman–Crippen MR) is 131 cm³/mol. The Labute approximate surface area is 200 Å². The molecule has 0 aliphatic carbocycles. The molecular formula is C23H30Cl2N2O4S. The average molecular weight is 501 g/mol. The third kappa shape index (κ3) is 7.87. The van der Waals surface area contributed by atoms with E-state index in [1.165, 1.54) is 10.4 Å². The Kier molecular flexibility index (Phi) is 9.67. The number of ether oxygens (including phenoxy) is 1. The standard InChI is InChI=1S/C23H30Cl2N2O4S/c1-16(2)14-21(17-7-10-19(31-3)11-8-17)26-23(28)6-5-13-27(32(4,29)30)22-15-18(24)9-12-20(22)25/h7-12,15-16,21H,5-6,13-14H2,1-4H3,(H,26,28)/t21-/m1/s1. The lowest BCUT2D eigenvalue weighted by Gasteiger charge is -2.24. The van der Waals surface area contributed by atoms with Crippen molar-refractivity contribution < 1.29 is 17.9 Å². The second kappa shape index (κ2) is 11.8. The van der Waals surface area contributed by atoms with Gasteiger partial charge in [0.25, 0.3) is 0 Å². The number of nitrogens with zero attached hydrogens (tertiary/aromatic N) is 1. The second-order valence-electron chi connectivity index (χ2n) is 8.06. The first-order valence-electron chi connectivity index (χ1n) is 10.4. The summed E-state index contributed by atoms with van der Waals surface area (Å²) in [6.07, 6.45) is 2.39. The van der Waals surface area contributed by atoms with E-state index >= 15 is 0 Å². The molecule has 2 aromatic carbocycles. The van der Waals surface area contributed by atoms with Gasteiger partial charge in [0, 0.05) is 18.0 Å². The average Bonchev–Trinajstić information content (AvgIpc) is 2.71. The van der Waals surface area contributed by atoms with Crippen molar-refractivity contribution >= 4 is 44.8 Å². The number of benzene rings is 2. The molecule has 0 aliphatic heterocycles. The first kappa shape index (κ1) is 26.3. The highest BCUT2D eigenvalue weighted by molar-refractivity contribution is 7.92. The molecule has 2 aromatic rings. The first-order chi connectivity index (χ1) is 15.0. The van der Waals surface area contributed by atoms with Gasteiger partial charge in [0.1, 0.15) is 5.75 Å². The molecule has 0 bridgehead atoms. The zero-order valence-electron chi connectivity index (χ0n) is 18.8. The van der Waals surface area contributed by atoms with Crippen LogP contribution in [0.15, 0.2) is 42.5 Å². The molecule has 32 heavy (non-hydrogen) atoms. The van der Waals surface area contributed by atoms with Crippen LogP contribution in [0.1, 0.15) is 44.7 Å². The number of rotatable bonds is 11. The van der Waals surface area contributed by atoms with Crippen LogP contribution in [-0.2, 0) is 14.8 Å². The van der Waals surface area contributed by atoms with Crippen LogP contribution in [0, 0.1) is 5.92 Å². The molecule has 0 saturated carbocycles. The van der Waals surface area contributed by atoms with E-state index in [0.717, 1.165) is 24.0 Å². The number of nitrogens with one attached hydrogen (secondary N) is 1. The van der Waals surface area contributed by atoms with E-state index < -0.39 is 10.0 Å². The molecule has 0 spiro atoms. The fraction of sp³-hybridized carbons (Fsp3) is 0.435. The van der Waals surface area contributed by atoms with E-state index in [1.54, 1.807) is 19.2 Å². The van der Waals surface area contributed by atoms with E-state index in [0.29, 0.717) is 23.0 Å². The Balaban J connectivity index is 2.05. The smallest absolute Gasteiger partial charge is 0.232 e. The number of amides is 1. The molecule has 1 amide bonds. The van der Waals surface area contributed by atoms with Crippen LogP contribution < -0.4 is 14.4 Å². The topological polar surface area (TPSA) is 75.7 Å². The van der Waals surface area contributed by atoms with Crippen LogP contribution in [0.25, 0.3) is 0 Å². The summed E-state index contributed by atoms with van der Waals surface area (Å²) in [6.45, 7) is 4.31. The maximum Gasteiger partial charge on any atom is 0.232 e. The Morgan fingerprint density at radius 3 is 2.34 bits per heavy atom. The van der Waals surface area contributed by atoms with Gasteiger partial charge in [0.15, 0.2) is 0 Å². The summed E-state index contributed by atoms with van der Waals surface area (Å²) in [6, 6.07) is 12.1. The van der Waals surface area contributed by atoms with Crippen molar-refractivity contribution in [3.8, 4) is 5.75 Å². The number of carbonyl (C=O) groups excluding carboxylic acids is 1. The lowest BCUT2D eigenvalue weighted by molar-refractivity contribution is -0.122. The number of methoxy groups -OCH3 is 1. The van der Waals surface area contributed by atoms with Gasteiger partial charge < -0.3 is 10.1 Å². The molecule has 0 saturated heterocycles. The summed E-state index contributed by atoms with van der Waals surface area (Å²) in [7, 11) is -1.99. The maximum absolute atomic E-state index is 12.7. The number of hydrogen-bond acceptors (Lipinski definition) is 4. The number of carbonyl (C=O) groups is 1. The van der Waals surface area contributed by atoms with Gasteiger partial charge in [-0.1, -0.05) is 49.2 Å². The van der Waals surface area contributed by atoms with E-state index in [1.807, 2.05) is 24.3 Å². The minimum Gasteiger partial charge on any atom is -0.497 e. The van der Waals surface area contributed by atoms with Crippen molar-refractivity contribution in [2.75, 3.05) is 24.2 Å². The van der Waals surface area contributed by atoms with Crippen molar-refractivity contribution in [3.05, 3.63) is 58.1 Å². The molecular weight excluding hydrogens is 471 g/mol. The van der Waals surface area contributed by atoms with E-state index in [4.69, 9.17) is 27.9 Å². The molecule has 176 valence electrons. The molecule has 0 aromatic heterocycles. The summed E-state index contributed by atoms with van der Waals surface area (Å²) in [5.74, 6) is 0.995. The zero-order valence-corrected chi connectivity index (χ0v) is 21.1. The van der Waals surface area contributed by atoms with Crippen LogP contribution in [-0.4, -0.2) is 34.2 Å². The van der Waals surface area contributed by atoms with Crippen LogP contribution in [0.3, 0.4) is 0 Å². The number of hydrogen-bond donors (Lipinski definition) is 1. The van der Waals surface area contributed by atoms with Crippen molar-refractivity contribution in [1.29, 1.82) is 0 Å². The molecule has 0 fully saturated rings. The molecule has 0 unspecified atom stereocenters. The number of anilines is 1. The van der Waals surface area contributed by atoms with Gasteiger partial charge >= 0.3 is 0 Å². The summed E-state index contributed by atoms with van der Waals surface area (Å²) < 4.78 is 31.0. The van der Waals surface area contributed by atoms with Gasteiger partial charge in [0.05, 0.1) is 30.1 Å². The van der Waals surface area contributed by atoms with Gasteiger partial charge in [-0.15, -0.1) is 0 Å². The molecule has 1 N–H and O–H groups in total. The Morgan fingerprint density at radius 1 is 1.12 bits per heavy atom. The van der Waals surface area contributed by atoms with Crippen molar-refractivity contribution in [1.82, 2.24) is 5.32 Å². The van der Waals surface area contributed by atoms with Gasteiger partial charge in [0.2, 0.25) is 15.9 Å². The SMILES string of the molecule is COc1ccc([C@@H](CC(C)C)NC(=O)CCCN(c2cc(Cl)ccc2Cl)S(C)(=O)=O)cc1. The first-order valence-corrected chi connectivity index (χ1v) is 13.0. The highest BCUT2D eigenvalue weighted by Gasteiger charge is 2.21. The fourth-order valence-corrected chi connectivity index (χ4v) is 4.78. The van der Waals surface area contributed by atoms with Crippen LogP contribution in [0.2, 0.25) is 10.0 Å². The van der Waals surface area contributed by atoms with E-state index in [2.05, 4.69) is 19.2 Å². The highest BCUT2D eigenvalue weighted by atomic mass is 35.5. The highest BCUT2D eigenvalue weighted by Crippen LogP contribution is 2.31. The minimum atomic E-state index is -3.60. The predicted octanol–water partition coefficient (Wildman–Crippen LogP) is 5.45. The van der Waals surface area contributed by atoms with Crippen LogP contribution in [0.4, 0.5) is 5.69 Å². The van der Waals surface area contributed by atoms with Crippen molar-refractivity contribution in [3.63, 3.8) is 0 Å². The van der Waals surface area contributed by atoms with Gasteiger partial charge in [-0.3, -0.25) is 9.10 Å². The van der Waals surface area contributed by atoms with Crippen molar-refractivity contribution in [2.45, 2.75) is 39.2 Å². The maximum atomic E-state index is 12.7. The molecule has 0 aliphatic rings. The second-order valence-corrected chi connectivity index (χ2v) is 10.8. The molecule has 9 heteroatoms. The third-order valence-corrected chi connectivity index (χ3v) is 6.64. The fourth-order valence-electron chi connectivity index (χ4n) is 3.38. The van der Waals surface area contributed by atoms with Crippen LogP contribution >= 0.6 is 23.2 Å². The monoisotopic (exact) mass is 500 g/mol. The van der Waals surface area contributed by atoms with E-state index in [9.17, 15) is 13.2 Å². The molecule has 6 nitrogen and oxygen atoms in total. The zero-order chi connectivity index (χ0) is 23.9. The van der Waals surface area contributed by atoms with E-state index in [-0.39, 0.29) is 29.9 Å². The van der Waals surface area contributed by atoms with Gasteiger partial charge in [-0.2, -0.15) is 0 Å². The summed E-state index contributed by atoms with van der Waals surface area (Å²) >= 11 is 12.2. The van der Waals surface area contributed by atoms with Crippen molar-refractivity contribution in [2.24, 2.45) is 5.92 Å². The summed E-state index contributed by atoms with van der Waals surface area (Å²) in [5, 5.41) is 3.74. The van der Waals surface area contributed by atoms with Crippen LogP contribution in [0.5, 0.6) is 5.75 Å². The largest absolute Gasteiger partial charge is 0.497 e.